The second kappa shape index (κ2) is 9.12. The van der Waals surface area contributed by atoms with Crippen LogP contribution in [0.5, 0.6) is 5.75 Å². The van der Waals surface area contributed by atoms with Crippen molar-refractivity contribution in [1.82, 2.24) is 0 Å². The molecule has 1 heteroatoms. The summed E-state index contributed by atoms with van der Waals surface area (Å²) in [5.41, 5.74) is 11.3. The quantitative estimate of drug-likeness (QED) is 0.498. The second-order valence-corrected chi connectivity index (χ2v) is 12.0. The molecule has 0 aromatic heterocycles. The zero-order chi connectivity index (χ0) is 23.2. The molecule has 3 saturated carbocycles. The van der Waals surface area contributed by atoms with Crippen molar-refractivity contribution < 1.29 is 5.11 Å². The van der Waals surface area contributed by atoms with Gasteiger partial charge in [-0.05, 0) is 110 Å². The first kappa shape index (κ1) is 23.0. The van der Waals surface area contributed by atoms with E-state index in [0.29, 0.717) is 17.6 Å². The van der Waals surface area contributed by atoms with E-state index in [2.05, 4.69) is 45.9 Å². The summed E-state index contributed by atoms with van der Waals surface area (Å²) in [6.45, 7) is 9.17. The van der Waals surface area contributed by atoms with Crippen molar-refractivity contribution in [2.45, 2.75) is 128 Å². The maximum absolute atomic E-state index is 11.6. The summed E-state index contributed by atoms with van der Waals surface area (Å²) in [4.78, 5) is 0. The molecule has 0 atom stereocenters. The van der Waals surface area contributed by atoms with Crippen LogP contribution in [0.1, 0.15) is 136 Å². The molecule has 0 amide bonds. The molecule has 2 aromatic rings. The molecule has 178 valence electrons. The lowest BCUT2D eigenvalue weighted by atomic mass is 9.66. The number of phenols is 1. The Kier molecular flexibility index (Phi) is 6.36. The van der Waals surface area contributed by atoms with Gasteiger partial charge in [0.05, 0.1) is 0 Å². The molecule has 33 heavy (non-hydrogen) atoms. The van der Waals surface area contributed by atoms with Gasteiger partial charge in [-0.1, -0.05) is 75.6 Å². The first-order valence-corrected chi connectivity index (χ1v) is 13.9. The second-order valence-electron chi connectivity index (χ2n) is 12.0. The average molecular weight is 445 g/mol. The summed E-state index contributed by atoms with van der Waals surface area (Å²) in [6.07, 6.45) is 17.0. The van der Waals surface area contributed by atoms with Gasteiger partial charge in [0.25, 0.3) is 0 Å². The highest BCUT2D eigenvalue weighted by Gasteiger charge is 2.37. The number of aryl methyl sites for hydroxylation is 3. The number of rotatable bonds is 4. The fraction of sp³-hybridized carbons (Fsp3) is 0.625. The number of hydrogen-bond donors (Lipinski definition) is 1. The van der Waals surface area contributed by atoms with Crippen LogP contribution in [0.2, 0.25) is 0 Å². The highest BCUT2D eigenvalue weighted by Crippen LogP contribution is 2.54. The minimum atomic E-state index is 0.0687. The van der Waals surface area contributed by atoms with Crippen molar-refractivity contribution in [1.29, 1.82) is 0 Å². The Morgan fingerprint density at radius 2 is 1.18 bits per heavy atom. The van der Waals surface area contributed by atoms with E-state index in [4.69, 9.17) is 0 Å². The molecule has 3 fully saturated rings. The Labute approximate surface area is 202 Å². The number of benzene rings is 2. The smallest absolute Gasteiger partial charge is 0.122 e. The van der Waals surface area contributed by atoms with Crippen LogP contribution in [0, 0.1) is 20.8 Å². The van der Waals surface area contributed by atoms with E-state index in [1.54, 1.807) is 11.1 Å². The third kappa shape index (κ3) is 4.15. The van der Waals surface area contributed by atoms with Crippen LogP contribution in [0.3, 0.4) is 0 Å². The monoisotopic (exact) mass is 444 g/mol. The normalized spacial score (nSPS) is 21.7. The summed E-state index contributed by atoms with van der Waals surface area (Å²) < 4.78 is 0. The molecule has 0 spiro atoms. The molecule has 3 aliphatic carbocycles. The zero-order valence-corrected chi connectivity index (χ0v) is 21.5. The molecule has 0 radical (unpaired) electrons. The number of aromatic hydroxyl groups is 1. The van der Waals surface area contributed by atoms with Crippen LogP contribution < -0.4 is 0 Å². The molecule has 3 aliphatic rings. The van der Waals surface area contributed by atoms with E-state index in [9.17, 15) is 5.11 Å². The van der Waals surface area contributed by atoms with E-state index in [-0.39, 0.29) is 5.41 Å². The van der Waals surface area contributed by atoms with Gasteiger partial charge < -0.3 is 5.11 Å². The number of hydrogen-bond acceptors (Lipinski definition) is 1. The van der Waals surface area contributed by atoms with Crippen molar-refractivity contribution in [2.24, 2.45) is 0 Å². The molecule has 0 unspecified atom stereocenters. The summed E-state index contributed by atoms with van der Waals surface area (Å²) in [7, 11) is 0. The summed E-state index contributed by atoms with van der Waals surface area (Å²) in [5.74, 6) is 1.93. The van der Waals surface area contributed by atoms with Gasteiger partial charge in [0.2, 0.25) is 0 Å². The van der Waals surface area contributed by atoms with Gasteiger partial charge in [0, 0.05) is 5.56 Å². The Bertz CT molecular complexity index is 974. The fourth-order valence-corrected chi connectivity index (χ4v) is 7.72. The highest BCUT2D eigenvalue weighted by molar-refractivity contribution is 5.82. The topological polar surface area (TPSA) is 20.2 Å². The van der Waals surface area contributed by atoms with E-state index < -0.39 is 0 Å². The van der Waals surface area contributed by atoms with Crippen LogP contribution in [0.25, 0.3) is 11.1 Å². The predicted octanol–water partition coefficient (Wildman–Crippen LogP) is 9.52. The Hall–Kier alpha value is -1.76. The molecule has 0 heterocycles. The molecule has 2 aromatic carbocycles. The molecule has 5 rings (SSSR count). The van der Waals surface area contributed by atoms with Gasteiger partial charge in [0.1, 0.15) is 5.75 Å². The maximum atomic E-state index is 11.6. The van der Waals surface area contributed by atoms with Crippen molar-refractivity contribution in [3.05, 3.63) is 51.6 Å². The molecule has 0 bridgehead atoms. The Morgan fingerprint density at radius 1 is 0.667 bits per heavy atom. The molecule has 1 N–H and O–H groups in total. The molecular weight excluding hydrogens is 400 g/mol. The summed E-state index contributed by atoms with van der Waals surface area (Å²) >= 11 is 0. The summed E-state index contributed by atoms with van der Waals surface area (Å²) in [5, 5.41) is 11.6. The fourth-order valence-electron chi connectivity index (χ4n) is 7.72. The SMILES string of the molecule is Cc1cc(C2CCCC2)c(-c2c(C)cc(C)c(O)c2C2(C)CCCCC2)c(C2CCCC2)c1. The Balaban J connectivity index is 1.83. The van der Waals surface area contributed by atoms with Crippen LogP contribution in [0.15, 0.2) is 18.2 Å². The highest BCUT2D eigenvalue weighted by atomic mass is 16.3. The molecule has 1 nitrogen and oxygen atoms in total. The number of phenolic OH excluding ortho intramolecular Hbond substituents is 1. The molecule has 0 saturated heterocycles. The molecular formula is C32H44O. The Morgan fingerprint density at radius 3 is 1.70 bits per heavy atom. The van der Waals surface area contributed by atoms with E-state index in [1.807, 2.05) is 0 Å². The van der Waals surface area contributed by atoms with Crippen molar-refractivity contribution in [3.8, 4) is 16.9 Å². The average Bonchev–Trinajstić information content (AvgIpc) is 3.51. The third-order valence-corrected chi connectivity index (χ3v) is 9.43. The van der Waals surface area contributed by atoms with Crippen molar-refractivity contribution in [3.63, 3.8) is 0 Å². The van der Waals surface area contributed by atoms with Gasteiger partial charge in [-0.2, -0.15) is 0 Å². The van der Waals surface area contributed by atoms with Crippen LogP contribution in [-0.4, -0.2) is 5.11 Å². The van der Waals surface area contributed by atoms with Crippen LogP contribution in [0.4, 0.5) is 0 Å². The van der Waals surface area contributed by atoms with Gasteiger partial charge in [0.15, 0.2) is 0 Å². The third-order valence-electron chi connectivity index (χ3n) is 9.43. The van der Waals surface area contributed by atoms with Crippen molar-refractivity contribution in [2.75, 3.05) is 0 Å². The largest absolute Gasteiger partial charge is 0.507 e. The maximum Gasteiger partial charge on any atom is 0.122 e. The first-order valence-electron chi connectivity index (χ1n) is 13.9. The van der Waals surface area contributed by atoms with E-state index in [0.717, 1.165) is 5.56 Å². The lowest BCUT2D eigenvalue weighted by Crippen LogP contribution is -2.27. The van der Waals surface area contributed by atoms with E-state index in [1.165, 1.54) is 111 Å². The van der Waals surface area contributed by atoms with Gasteiger partial charge in [-0.15, -0.1) is 0 Å². The standard InChI is InChI=1S/C32H44O/c1-21-18-26(24-12-6-7-13-24)29(27(19-21)25-14-8-9-15-25)28-22(2)20-23(3)31(33)30(28)32(4)16-10-5-11-17-32/h18-20,24-25,33H,5-17H2,1-4H3. The lowest BCUT2D eigenvalue weighted by Gasteiger charge is -2.38. The minimum absolute atomic E-state index is 0.0687. The lowest BCUT2D eigenvalue weighted by molar-refractivity contribution is 0.308. The summed E-state index contributed by atoms with van der Waals surface area (Å²) in [6, 6.07) is 7.30. The van der Waals surface area contributed by atoms with Crippen LogP contribution >= 0.6 is 0 Å². The van der Waals surface area contributed by atoms with Gasteiger partial charge in [-0.25, -0.2) is 0 Å². The van der Waals surface area contributed by atoms with Gasteiger partial charge in [-0.3, -0.25) is 0 Å². The van der Waals surface area contributed by atoms with E-state index >= 15 is 0 Å². The minimum Gasteiger partial charge on any atom is -0.507 e. The molecule has 0 aliphatic heterocycles. The predicted molar refractivity (Wildman–Crippen MR) is 141 cm³/mol. The van der Waals surface area contributed by atoms with Crippen LogP contribution in [-0.2, 0) is 5.41 Å². The zero-order valence-electron chi connectivity index (χ0n) is 21.5. The van der Waals surface area contributed by atoms with Crippen molar-refractivity contribution >= 4 is 0 Å². The first-order chi connectivity index (χ1) is 15.9. The van der Waals surface area contributed by atoms with Gasteiger partial charge >= 0.3 is 0 Å².